The number of sulfonamides is 1. The molecule has 2 aromatic heterocycles. The Balaban J connectivity index is 2.74. The summed E-state index contributed by atoms with van der Waals surface area (Å²) in [5, 5.41) is -0.106. The molecule has 0 bridgehead atoms. The average Bonchev–Trinajstić information content (AvgIpc) is 2.47. The molecule has 2 heterocycles. The fourth-order valence-corrected chi connectivity index (χ4v) is 4.38. The molecule has 0 aromatic carbocycles. The number of pyridine rings is 1. The molecule has 0 aliphatic heterocycles. The standard InChI is InChI=1S/C15H19ClN4O3S/c1-10-9-18-13(14(19-10)23-5)20(15(2,3)4)24(21,22)11-7-6-8-17-12(11)16/h6-9H,1-5H3. The van der Waals surface area contributed by atoms with Gasteiger partial charge >= 0.3 is 0 Å². The van der Waals surface area contributed by atoms with Gasteiger partial charge in [-0.15, -0.1) is 0 Å². The van der Waals surface area contributed by atoms with Crippen molar-refractivity contribution < 1.29 is 13.2 Å². The van der Waals surface area contributed by atoms with Crippen LogP contribution in [0.25, 0.3) is 0 Å². The van der Waals surface area contributed by atoms with Crippen LogP contribution in [0, 0.1) is 6.92 Å². The summed E-state index contributed by atoms with van der Waals surface area (Å²) in [5.74, 6) is 0.212. The van der Waals surface area contributed by atoms with Gasteiger partial charge in [0.1, 0.15) is 10.0 Å². The van der Waals surface area contributed by atoms with Gasteiger partial charge in [0.05, 0.1) is 19.0 Å². The number of hydrogen-bond donors (Lipinski definition) is 0. The summed E-state index contributed by atoms with van der Waals surface area (Å²) in [6.45, 7) is 6.98. The first-order valence-electron chi connectivity index (χ1n) is 7.12. The summed E-state index contributed by atoms with van der Waals surface area (Å²) >= 11 is 6.01. The molecule has 0 aliphatic carbocycles. The van der Waals surface area contributed by atoms with Crippen molar-refractivity contribution in [2.75, 3.05) is 11.4 Å². The first kappa shape index (κ1) is 18.4. The zero-order chi connectivity index (χ0) is 18.1. The number of methoxy groups -OCH3 is 1. The van der Waals surface area contributed by atoms with Gasteiger partial charge in [0.15, 0.2) is 0 Å². The third-order valence-corrected chi connectivity index (χ3v) is 5.58. The van der Waals surface area contributed by atoms with Crippen LogP contribution in [0.3, 0.4) is 0 Å². The van der Waals surface area contributed by atoms with Gasteiger partial charge in [-0.1, -0.05) is 11.6 Å². The maximum Gasteiger partial charge on any atom is 0.269 e. The highest BCUT2D eigenvalue weighted by Crippen LogP contribution is 2.36. The SMILES string of the molecule is COc1nc(C)cnc1N(C(C)(C)C)S(=O)(=O)c1cccnc1Cl. The summed E-state index contributed by atoms with van der Waals surface area (Å²) in [5.41, 5.74) is -0.226. The van der Waals surface area contributed by atoms with Crippen molar-refractivity contribution in [3.8, 4) is 5.88 Å². The number of anilines is 1. The lowest BCUT2D eigenvalue weighted by Crippen LogP contribution is -2.46. The lowest BCUT2D eigenvalue weighted by atomic mass is 10.1. The first-order chi connectivity index (χ1) is 11.1. The van der Waals surface area contributed by atoms with E-state index in [1.54, 1.807) is 27.7 Å². The predicted octanol–water partition coefficient (Wildman–Crippen LogP) is 2.84. The molecule has 0 saturated carbocycles. The molecule has 0 saturated heterocycles. The molecule has 24 heavy (non-hydrogen) atoms. The van der Waals surface area contributed by atoms with Crippen molar-refractivity contribution in [1.82, 2.24) is 15.0 Å². The second kappa shape index (κ2) is 6.52. The molecule has 9 heteroatoms. The van der Waals surface area contributed by atoms with Gasteiger partial charge in [-0.3, -0.25) is 0 Å². The van der Waals surface area contributed by atoms with E-state index >= 15 is 0 Å². The number of ether oxygens (including phenoxy) is 1. The van der Waals surface area contributed by atoms with Gasteiger partial charge in [-0.25, -0.2) is 27.7 Å². The van der Waals surface area contributed by atoms with Gasteiger partial charge in [-0.2, -0.15) is 0 Å². The number of aryl methyl sites for hydroxylation is 1. The van der Waals surface area contributed by atoms with Crippen LogP contribution in [-0.4, -0.2) is 36.0 Å². The second-order valence-corrected chi connectivity index (χ2v) is 8.19. The zero-order valence-corrected chi connectivity index (χ0v) is 15.7. The maximum atomic E-state index is 13.2. The second-order valence-electron chi connectivity index (χ2n) is 6.08. The molecule has 7 nitrogen and oxygen atoms in total. The topological polar surface area (TPSA) is 85.3 Å². The summed E-state index contributed by atoms with van der Waals surface area (Å²) in [6, 6.07) is 2.91. The maximum absolute atomic E-state index is 13.2. The number of hydrogen-bond acceptors (Lipinski definition) is 6. The van der Waals surface area contributed by atoms with Crippen LogP contribution in [0.1, 0.15) is 26.5 Å². The van der Waals surface area contributed by atoms with Crippen molar-refractivity contribution in [2.45, 2.75) is 38.1 Å². The quantitative estimate of drug-likeness (QED) is 0.769. The number of rotatable bonds is 4. The van der Waals surface area contributed by atoms with Crippen molar-refractivity contribution >= 4 is 27.4 Å². The molecule has 0 radical (unpaired) electrons. The molecule has 0 amide bonds. The van der Waals surface area contributed by atoms with Crippen LogP contribution < -0.4 is 9.04 Å². The van der Waals surface area contributed by atoms with E-state index in [-0.39, 0.29) is 21.7 Å². The fraction of sp³-hybridized carbons (Fsp3) is 0.400. The summed E-state index contributed by atoms with van der Waals surface area (Å²) in [4.78, 5) is 12.2. The third-order valence-electron chi connectivity index (χ3n) is 3.08. The third kappa shape index (κ3) is 3.44. The Morgan fingerprint density at radius 1 is 1.25 bits per heavy atom. The van der Waals surface area contributed by atoms with E-state index in [4.69, 9.17) is 16.3 Å². The molecule has 0 atom stereocenters. The Morgan fingerprint density at radius 2 is 1.92 bits per heavy atom. The molecular formula is C15H19ClN4O3S. The Labute approximate surface area is 146 Å². The van der Waals surface area contributed by atoms with Gasteiger partial charge in [0, 0.05) is 11.7 Å². The number of nitrogens with zero attached hydrogens (tertiary/aromatic N) is 4. The Morgan fingerprint density at radius 3 is 2.46 bits per heavy atom. The zero-order valence-electron chi connectivity index (χ0n) is 14.1. The monoisotopic (exact) mass is 370 g/mol. The lowest BCUT2D eigenvalue weighted by Gasteiger charge is -2.35. The van der Waals surface area contributed by atoms with E-state index in [1.165, 1.54) is 31.6 Å². The van der Waals surface area contributed by atoms with E-state index < -0.39 is 15.6 Å². The predicted molar refractivity (Wildman–Crippen MR) is 92.0 cm³/mol. The fourth-order valence-electron chi connectivity index (χ4n) is 2.18. The highest BCUT2D eigenvalue weighted by atomic mass is 35.5. The summed E-state index contributed by atoms with van der Waals surface area (Å²) in [6.07, 6.45) is 2.91. The van der Waals surface area contributed by atoms with E-state index in [2.05, 4.69) is 15.0 Å². The van der Waals surface area contributed by atoms with Crippen LogP contribution in [-0.2, 0) is 10.0 Å². The van der Waals surface area contributed by atoms with Crippen molar-refractivity contribution in [3.63, 3.8) is 0 Å². The minimum atomic E-state index is -4.03. The largest absolute Gasteiger partial charge is 0.478 e. The van der Waals surface area contributed by atoms with E-state index in [0.717, 1.165) is 4.31 Å². The molecule has 130 valence electrons. The Kier molecular flexibility index (Phi) is 5.00. The molecule has 2 aromatic rings. The van der Waals surface area contributed by atoms with Crippen LogP contribution in [0.15, 0.2) is 29.4 Å². The van der Waals surface area contributed by atoms with Gasteiger partial charge < -0.3 is 4.74 Å². The molecule has 0 aliphatic rings. The summed E-state index contributed by atoms with van der Waals surface area (Å²) in [7, 11) is -2.62. The minimum absolute atomic E-state index is 0.0931. The molecule has 0 unspecified atom stereocenters. The Hall–Kier alpha value is -1.93. The molecular weight excluding hydrogens is 352 g/mol. The average molecular weight is 371 g/mol. The van der Waals surface area contributed by atoms with Crippen molar-refractivity contribution in [2.24, 2.45) is 0 Å². The molecule has 2 rings (SSSR count). The van der Waals surface area contributed by atoms with Crippen LogP contribution in [0.2, 0.25) is 5.15 Å². The van der Waals surface area contributed by atoms with Crippen LogP contribution >= 0.6 is 11.6 Å². The number of halogens is 1. The van der Waals surface area contributed by atoms with Gasteiger partial charge in [-0.05, 0) is 39.8 Å². The Bertz CT molecular complexity index is 850. The van der Waals surface area contributed by atoms with Gasteiger partial charge in [0.2, 0.25) is 5.82 Å². The van der Waals surface area contributed by atoms with Crippen molar-refractivity contribution in [1.29, 1.82) is 0 Å². The molecule has 0 fully saturated rings. The first-order valence-corrected chi connectivity index (χ1v) is 8.94. The van der Waals surface area contributed by atoms with E-state index in [1.807, 2.05) is 0 Å². The van der Waals surface area contributed by atoms with E-state index in [0.29, 0.717) is 5.69 Å². The highest BCUT2D eigenvalue weighted by Gasteiger charge is 2.39. The minimum Gasteiger partial charge on any atom is -0.478 e. The highest BCUT2D eigenvalue weighted by molar-refractivity contribution is 7.93. The van der Waals surface area contributed by atoms with Crippen molar-refractivity contribution in [3.05, 3.63) is 35.4 Å². The van der Waals surface area contributed by atoms with E-state index in [9.17, 15) is 8.42 Å². The molecule has 0 N–H and O–H groups in total. The normalized spacial score (nSPS) is 12.1. The smallest absolute Gasteiger partial charge is 0.269 e. The summed E-state index contributed by atoms with van der Waals surface area (Å²) < 4.78 is 32.8. The van der Waals surface area contributed by atoms with Crippen LogP contribution in [0.4, 0.5) is 5.82 Å². The number of aromatic nitrogens is 3. The van der Waals surface area contributed by atoms with Gasteiger partial charge in [0.25, 0.3) is 15.9 Å². The van der Waals surface area contributed by atoms with Crippen LogP contribution in [0.5, 0.6) is 5.88 Å². The lowest BCUT2D eigenvalue weighted by molar-refractivity contribution is 0.392. The molecule has 0 spiro atoms.